The highest BCUT2D eigenvalue weighted by atomic mass is 35.5. The summed E-state index contributed by atoms with van der Waals surface area (Å²) >= 11 is 6.13. The molecule has 1 amide bonds. The Hall–Kier alpha value is -2.37. The lowest BCUT2D eigenvalue weighted by molar-refractivity contribution is 0.0619. The number of fused-ring (bicyclic) bond motifs is 1. The highest BCUT2D eigenvalue weighted by molar-refractivity contribution is 6.33. The summed E-state index contributed by atoms with van der Waals surface area (Å²) in [6, 6.07) is 15.0. The van der Waals surface area contributed by atoms with Crippen LogP contribution in [0.15, 0.2) is 52.9 Å². The largest absolute Gasteiger partial charge is 0.439 e. The molecule has 4 rings (SSSR count). The zero-order valence-corrected chi connectivity index (χ0v) is 14.4. The first-order valence-corrected chi connectivity index (χ1v) is 8.69. The minimum absolute atomic E-state index is 0.00730. The number of amides is 1. The maximum Gasteiger partial charge on any atom is 0.255 e. The number of aromatic nitrogens is 1. The molecule has 2 heterocycles. The number of piperazine rings is 1. The minimum Gasteiger partial charge on any atom is -0.439 e. The number of para-hydroxylation sites is 2. The molecule has 0 bridgehead atoms. The molecule has 2 aromatic carbocycles. The molecule has 0 N–H and O–H groups in total. The maximum absolute atomic E-state index is 12.6. The lowest BCUT2D eigenvalue weighted by Crippen LogP contribution is -2.48. The molecule has 128 valence electrons. The van der Waals surface area contributed by atoms with Crippen molar-refractivity contribution < 1.29 is 9.21 Å². The molecule has 0 unspecified atom stereocenters. The Kier molecular flexibility index (Phi) is 4.42. The predicted molar refractivity (Wildman–Crippen MR) is 96.6 cm³/mol. The van der Waals surface area contributed by atoms with E-state index in [4.69, 9.17) is 16.0 Å². The Morgan fingerprint density at radius 3 is 2.52 bits per heavy atom. The average molecular weight is 356 g/mol. The van der Waals surface area contributed by atoms with Crippen molar-refractivity contribution in [2.45, 2.75) is 6.54 Å². The zero-order valence-electron chi connectivity index (χ0n) is 13.7. The number of rotatable bonds is 3. The minimum atomic E-state index is -0.00730. The molecule has 0 aliphatic carbocycles. The van der Waals surface area contributed by atoms with E-state index >= 15 is 0 Å². The second-order valence-electron chi connectivity index (χ2n) is 6.12. The standard InChI is InChI=1S/C19H18ClN3O2/c20-15-6-2-1-5-14(15)19(24)23-11-9-22(10-12-23)13-18-21-16-7-3-4-8-17(16)25-18/h1-8H,9-13H2. The molecule has 1 fully saturated rings. The molecule has 1 aliphatic heterocycles. The Morgan fingerprint density at radius 2 is 1.76 bits per heavy atom. The SMILES string of the molecule is O=C(c1ccccc1Cl)N1CCN(Cc2nc3ccccc3o2)CC1. The number of oxazole rings is 1. The number of benzene rings is 2. The Labute approximate surface area is 150 Å². The van der Waals surface area contributed by atoms with E-state index in [1.165, 1.54) is 0 Å². The smallest absolute Gasteiger partial charge is 0.255 e. The summed E-state index contributed by atoms with van der Waals surface area (Å²) < 4.78 is 5.78. The number of hydrogen-bond acceptors (Lipinski definition) is 4. The van der Waals surface area contributed by atoms with Crippen molar-refractivity contribution in [3.05, 3.63) is 65.0 Å². The summed E-state index contributed by atoms with van der Waals surface area (Å²) in [5.74, 6) is 0.708. The quantitative estimate of drug-likeness (QED) is 0.722. The van der Waals surface area contributed by atoms with Gasteiger partial charge in [0, 0.05) is 26.2 Å². The normalized spacial score (nSPS) is 15.6. The third-order valence-electron chi connectivity index (χ3n) is 4.46. The van der Waals surface area contributed by atoms with E-state index in [1.807, 2.05) is 41.3 Å². The fraction of sp³-hybridized carbons (Fsp3) is 0.263. The van der Waals surface area contributed by atoms with Gasteiger partial charge in [-0.15, -0.1) is 0 Å². The Morgan fingerprint density at radius 1 is 1.04 bits per heavy atom. The van der Waals surface area contributed by atoms with Gasteiger partial charge in [0.1, 0.15) is 5.52 Å². The van der Waals surface area contributed by atoms with Crippen molar-refractivity contribution >= 4 is 28.6 Å². The first-order chi connectivity index (χ1) is 12.2. The Bertz CT molecular complexity index is 867. The number of carbonyl (C=O) groups excluding carboxylic acids is 1. The van der Waals surface area contributed by atoms with Gasteiger partial charge in [-0.2, -0.15) is 0 Å². The number of carbonyl (C=O) groups is 1. The fourth-order valence-electron chi connectivity index (χ4n) is 3.09. The highest BCUT2D eigenvalue weighted by Gasteiger charge is 2.24. The van der Waals surface area contributed by atoms with E-state index in [1.54, 1.807) is 12.1 Å². The van der Waals surface area contributed by atoms with Crippen molar-refractivity contribution in [2.24, 2.45) is 0 Å². The van der Waals surface area contributed by atoms with Crippen LogP contribution in [0.2, 0.25) is 5.02 Å². The molecule has 6 heteroatoms. The molecular formula is C19H18ClN3O2. The van der Waals surface area contributed by atoms with Crippen LogP contribution in [0.25, 0.3) is 11.1 Å². The van der Waals surface area contributed by atoms with Crippen LogP contribution < -0.4 is 0 Å². The van der Waals surface area contributed by atoms with E-state index < -0.39 is 0 Å². The fourth-order valence-corrected chi connectivity index (χ4v) is 3.31. The molecule has 1 saturated heterocycles. The molecule has 3 aromatic rings. The molecule has 5 nitrogen and oxygen atoms in total. The summed E-state index contributed by atoms with van der Waals surface area (Å²) in [5.41, 5.74) is 2.26. The van der Waals surface area contributed by atoms with Crippen LogP contribution in [-0.4, -0.2) is 46.9 Å². The van der Waals surface area contributed by atoms with E-state index in [0.717, 1.165) is 24.2 Å². The first-order valence-electron chi connectivity index (χ1n) is 8.31. The summed E-state index contributed by atoms with van der Waals surface area (Å²) in [6.45, 7) is 3.57. The second-order valence-corrected chi connectivity index (χ2v) is 6.53. The van der Waals surface area contributed by atoms with Crippen LogP contribution >= 0.6 is 11.6 Å². The average Bonchev–Trinajstić information content (AvgIpc) is 3.04. The third kappa shape index (κ3) is 3.38. The topological polar surface area (TPSA) is 49.6 Å². The maximum atomic E-state index is 12.6. The molecule has 0 atom stereocenters. The lowest BCUT2D eigenvalue weighted by Gasteiger charge is -2.34. The van der Waals surface area contributed by atoms with Gasteiger partial charge < -0.3 is 9.32 Å². The van der Waals surface area contributed by atoms with Crippen molar-refractivity contribution in [2.75, 3.05) is 26.2 Å². The first kappa shape index (κ1) is 16.1. The summed E-state index contributed by atoms with van der Waals surface area (Å²) in [6.07, 6.45) is 0. The van der Waals surface area contributed by atoms with Crippen molar-refractivity contribution in [1.82, 2.24) is 14.8 Å². The lowest BCUT2D eigenvalue weighted by atomic mass is 10.2. The van der Waals surface area contributed by atoms with E-state index in [2.05, 4.69) is 9.88 Å². The molecule has 0 saturated carbocycles. The van der Waals surface area contributed by atoms with Crippen molar-refractivity contribution in [1.29, 1.82) is 0 Å². The van der Waals surface area contributed by atoms with Gasteiger partial charge in [-0.1, -0.05) is 35.9 Å². The molecule has 1 aromatic heterocycles. The zero-order chi connectivity index (χ0) is 17.2. The van der Waals surface area contributed by atoms with Gasteiger partial charge in [0.25, 0.3) is 5.91 Å². The van der Waals surface area contributed by atoms with Gasteiger partial charge >= 0.3 is 0 Å². The summed E-state index contributed by atoms with van der Waals surface area (Å²) in [5, 5.41) is 0.501. The second kappa shape index (κ2) is 6.86. The highest BCUT2D eigenvalue weighted by Crippen LogP contribution is 2.19. The van der Waals surface area contributed by atoms with Gasteiger partial charge in [-0.25, -0.2) is 4.98 Å². The van der Waals surface area contributed by atoms with Gasteiger partial charge in [-0.3, -0.25) is 9.69 Å². The van der Waals surface area contributed by atoms with E-state index in [-0.39, 0.29) is 5.91 Å². The van der Waals surface area contributed by atoms with Crippen LogP contribution in [0.5, 0.6) is 0 Å². The van der Waals surface area contributed by atoms with Gasteiger partial charge in [0.15, 0.2) is 5.58 Å². The molecule has 1 aliphatic rings. The third-order valence-corrected chi connectivity index (χ3v) is 4.79. The number of halogens is 1. The number of hydrogen-bond donors (Lipinski definition) is 0. The van der Waals surface area contributed by atoms with Crippen LogP contribution in [0.4, 0.5) is 0 Å². The molecule has 0 radical (unpaired) electrons. The van der Waals surface area contributed by atoms with Crippen LogP contribution in [0.1, 0.15) is 16.2 Å². The van der Waals surface area contributed by atoms with Gasteiger partial charge in [0.2, 0.25) is 5.89 Å². The molecule has 25 heavy (non-hydrogen) atoms. The van der Waals surface area contributed by atoms with Crippen molar-refractivity contribution in [3.8, 4) is 0 Å². The van der Waals surface area contributed by atoms with Crippen molar-refractivity contribution in [3.63, 3.8) is 0 Å². The number of nitrogens with zero attached hydrogens (tertiary/aromatic N) is 3. The van der Waals surface area contributed by atoms with Crippen LogP contribution in [-0.2, 0) is 6.54 Å². The monoisotopic (exact) mass is 355 g/mol. The van der Waals surface area contributed by atoms with E-state index in [0.29, 0.717) is 36.1 Å². The predicted octanol–water partition coefficient (Wildman–Crippen LogP) is 3.44. The molecule has 0 spiro atoms. The summed E-state index contributed by atoms with van der Waals surface area (Å²) in [4.78, 5) is 21.2. The van der Waals surface area contributed by atoms with Gasteiger partial charge in [0.05, 0.1) is 17.1 Å². The van der Waals surface area contributed by atoms with E-state index in [9.17, 15) is 4.79 Å². The van der Waals surface area contributed by atoms with Crippen LogP contribution in [0.3, 0.4) is 0 Å². The van der Waals surface area contributed by atoms with Crippen LogP contribution in [0, 0.1) is 0 Å². The Balaban J connectivity index is 1.38. The molecular weight excluding hydrogens is 338 g/mol. The van der Waals surface area contributed by atoms with Gasteiger partial charge in [-0.05, 0) is 24.3 Å². The summed E-state index contributed by atoms with van der Waals surface area (Å²) in [7, 11) is 0.